The van der Waals surface area contributed by atoms with Gasteiger partial charge in [-0.05, 0) is 240 Å². The Morgan fingerprint density at radius 2 is 0.392 bits per heavy atom. The lowest BCUT2D eigenvalue weighted by molar-refractivity contribution is 0.601. The Balaban J connectivity index is 1.01. The highest BCUT2D eigenvalue weighted by Gasteiger charge is 2.19. The van der Waals surface area contributed by atoms with Crippen LogP contribution in [-0.2, 0) is 68.3 Å². The van der Waals surface area contributed by atoms with Gasteiger partial charge in [-0.25, -0.2) is 0 Å². The lowest BCUT2D eigenvalue weighted by Crippen LogP contribution is -2.13. The van der Waals surface area contributed by atoms with Gasteiger partial charge in [0.05, 0.1) is 0 Å². The van der Waals surface area contributed by atoms with E-state index in [9.17, 15) is 9.13 Å². The van der Waals surface area contributed by atoms with Crippen LogP contribution in [0.25, 0.3) is 11.1 Å². The molecule has 0 heterocycles. The van der Waals surface area contributed by atoms with Crippen LogP contribution in [0.3, 0.4) is 0 Å². The highest BCUT2D eigenvalue weighted by molar-refractivity contribution is 8.57. The van der Waals surface area contributed by atoms with Crippen molar-refractivity contribution < 1.29 is 9.13 Å². The topological polar surface area (TPSA) is 47.1 Å². The van der Waals surface area contributed by atoms with E-state index in [1.807, 2.05) is 72.8 Å². The first-order chi connectivity index (χ1) is 36.2. The van der Waals surface area contributed by atoms with Gasteiger partial charge in [0.2, 0.25) is 0 Å². The molecule has 0 N–H and O–H groups in total. The molecule has 0 fully saturated rings. The second-order valence-corrected chi connectivity index (χ2v) is 32.1. The van der Waals surface area contributed by atoms with Crippen LogP contribution in [0, 0.1) is 0 Å². The fourth-order valence-corrected chi connectivity index (χ4v) is 14.8. The largest absolute Gasteiger partial charge is 0.311 e. The molecule has 6 nitrogen and oxygen atoms in total. The highest BCUT2D eigenvalue weighted by atomic mass is 33.2. The third-order valence-electron chi connectivity index (χ3n) is 12.3. The molecular weight excluding hydrogens is 1060 g/mol. The van der Waals surface area contributed by atoms with E-state index in [4.69, 9.17) is 44.8 Å². The zero-order valence-electron chi connectivity index (χ0n) is 39.4. The van der Waals surface area contributed by atoms with Crippen molar-refractivity contribution in [3.8, 4) is 11.1 Å². The van der Waals surface area contributed by atoms with E-state index in [1.165, 1.54) is 0 Å². The molecule has 0 aliphatic rings. The maximum Gasteiger partial charge on any atom is 0.198 e. The third kappa shape index (κ3) is 11.3. The normalized spacial score (nSPS) is 11.2. The minimum absolute atomic E-state index is 0.620. The van der Waals surface area contributed by atoms with Gasteiger partial charge < -0.3 is 19.6 Å². The van der Waals surface area contributed by atoms with Gasteiger partial charge in [-0.15, -0.1) is 0 Å². The van der Waals surface area contributed by atoms with E-state index in [2.05, 4.69) is 214 Å². The molecule has 0 radical (unpaired) electrons. The van der Waals surface area contributed by atoms with Crippen molar-refractivity contribution in [3.63, 3.8) is 0 Å². The van der Waals surface area contributed by atoms with Gasteiger partial charge in [0.15, 0.2) is 13.2 Å². The van der Waals surface area contributed by atoms with Crippen LogP contribution in [0.2, 0.25) is 0 Å². The van der Waals surface area contributed by atoms with Crippen LogP contribution in [0.5, 0.6) is 0 Å². The summed E-state index contributed by atoms with van der Waals surface area (Å²) in [5.74, 6) is 0. The van der Waals surface area contributed by atoms with Crippen LogP contribution >= 0.6 is 13.2 Å². The maximum atomic E-state index is 12.8. The maximum absolute atomic E-state index is 12.8. The van der Waals surface area contributed by atoms with Gasteiger partial charge in [-0.2, -0.15) is 0 Å². The minimum Gasteiger partial charge on any atom is -0.311 e. The van der Waals surface area contributed by atoms with Crippen LogP contribution in [-0.4, -0.2) is 0 Å². The summed E-state index contributed by atoms with van der Waals surface area (Å²) in [6, 6.07) is 91.2. The molecule has 0 aromatic heterocycles. The number of nitrogens with zero attached hydrogens (tertiary/aromatic N) is 4. The molecule has 0 aliphatic heterocycles. The molecule has 0 spiro atoms. The molecule has 10 aromatic carbocycles. The van der Waals surface area contributed by atoms with Crippen molar-refractivity contribution in [2.75, 3.05) is 19.6 Å². The summed E-state index contributed by atoms with van der Waals surface area (Å²) in [7, 11) is -2.15. The van der Waals surface area contributed by atoms with E-state index in [-0.39, 0.29) is 0 Å². The summed E-state index contributed by atoms with van der Waals surface area (Å²) in [5.41, 5.74) is 14.0. The average Bonchev–Trinajstić information content (AvgIpc) is 3.46. The Hall–Kier alpha value is -7.08. The molecule has 0 bridgehead atoms. The fraction of sp³-hybridized carbons (Fsp3) is 0. The molecule has 0 saturated heterocycles. The third-order valence-corrected chi connectivity index (χ3v) is 22.0. The van der Waals surface area contributed by atoms with Gasteiger partial charge in [-0.3, -0.25) is 9.13 Å². The van der Waals surface area contributed by atoms with Crippen LogP contribution in [0.4, 0.5) is 68.2 Å². The molecular formula is C60H44N4O2P2S6. The van der Waals surface area contributed by atoms with E-state index < -0.39 is 27.5 Å². The van der Waals surface area contributed by atoms with Gasteiger partial charge >= 0.3 is 0 Å². The van der Waals surface area contributed by atoms with E-state index in [1.54, 1.807) is 0 Å². The summed E-state index contributed by atoms with van der Waals surface area (Å²) < 4.78 is 25.7. The lowest BCUT2D eigenvalue weighted by Gasteiger charge is -2.29. The quantitative estimate of drug-likeness (QED) is 0.0928. The molecule has 0 amide bonds. The lowest BCUT2D eigenvalue weighted by atomic mass is 10.0. The Morgan fingerprint density at radius 3 is 0.581 bits per heavy atom. The van der Waals surface area contributed by atoms with Crippen molar-refractivity contribution in [1.82, 2.24) is 0 Å². The molecule has 362 valence electrons. The second kappa shape index (κ2) is 23.4. The monoisotopic (exact) mass is 1110 g/mol. The van der Waals surface area contributed by atoms with Crippen molar-refractivity contribution in [1.29, 1.82) is 0 Å². The standard InChI is InChI=1S/C60H44N4O2P2S6/c65-67(73(69)70)59-41-37-57(38-42-59)64(58-39-43-60(44-40-58)68(66)74(71)72)52-27-23-46(24-28-52)45-21-25-51(26-22-45)63(55-33-29-53(30-34-55)61(47-13-5-1-6-14-47)48-15-7-2-8-16-48)56-35-31-54(32-36-56)62(49-17-9-3-10-18-49)50-19-11-4-12-20-50/h1-44H. The van der Waals surface area contributed by atoms with Crippen molar-refractivity contribution >= 4 is 151 Å². The molecule has 2 atom stereocenters. The van der Waals surface area contributed by atoms with E-state index >= 15 is 0 Å². The van der Waals surface area contributed by atoms with Gasteiger partial charge in [0, 0.05) is 78.9 Å². The highest BCUT2D eigenvalue weighted by Crippen LogP contribution is 2.42. The number of hydrogen-bond acceptors (Lipinski definition) is 10. The molecule has 74 heavy (non-hydrogen) atoms. The van der Waals surface area contributed by atoms with Crippen LogP contribution in [0.1, 0.15) is 0 Å². The fourth-order valence-electron chi connectivity index (χ4n) is 8.82. The molecule has 10 rings (SSSR count). The number of hydrogen-bond donors (Lipinski definition) is 0. The SMILES string of the molecule is O=P(c1ccc(N(c2ccc(-c3ccc(N(c4ccc(N(c5ccccc5)c5ccccc5)cc4)c4ccc(N(c5ccccc5)c5ccccc5)cc4)cc3)cc2)c2ccc(P(=O)=S(=S)=S)cc2)cc1)=S(=S)=S. The average molecular weight is 1110 g/mol. The van der Waals surface area contributed by atoms with Gasteiger partial charge in [0.1, 0.15) is 0 Å². The summed E-state index contributed by atoms with van der Waals surface area (Å²) >= 11 is 20.7. The zero-order valence-corrected chi connectivity index (χ0v) is 46.0. The molecule has 2 unspecified atom stereocenters. The van der Waals surface area contributed by atoms with Gasteiger partial charge in [0.25, 0.3) is 0 Å². The van der Waals surface area contributed by atoms with E-state index in [0.29, 0.717) is 10.6 Å². The van der Waals surface area contributed by atoms with Crippen molar-refractivity contribution in [3.05, 3.63) is 267 Å². The Labute approximate surface area is 454 Å². The van der Waals surface area contributed by atoms with Crippen LogP contribution in [0.15, 0.2) is 267 Å². The minimum atomic E-state index is -1.87. The zero-order chi connectivity index (χ0) is 51.0. The summed E-state index contributed by atoms with van der Waals surface area (Å²) in [5, 5.41) is 1.24. The van der Waals surface area contributed by atoms with Crippen molar-refractivity contribution in [2.24, 2.45) is 0 Å². The first-order valence-corrected chi connectivity index (χ1v) is 33.2. The summed E-state index contributed by atoms with van der Waals surface area (Å²) in [6.45, 7) is -3.73. The number of benzene rings is 10. The molecule has 10 aromatic rings. The number of rotatable bonds is 15. The summed E-state index contributed by atoms with van der Waals surface area (Å²) in [6.07, 6.45) is 0. The second-order valence-electron chi connectivity index (χ2n) is 16.8. The Bertz CT molecular complexity index is 3650. The summed E-state index contributed by atoms with van der Waals surface area (Å²) in [4.78, 5) is 8.92. The first kappa shape index (κ1) is 50.5. The van der Waals surface area contributed by atoms with Gasteiger partial charge in [-0.1, -0.05) is 97.1 Å². The van der Waals surface area contributed by atoms with Crippen molar-refractivity contribution in [2.45, 2.75) is 0 Å². The first-order valence-electron chi connectivity index (χ1n) is 23.3. The number of para-hydroxylation sites is 4. The molecule has 14 heteroatoms. The number of anilines is 12. The molecule has 0 saturated carbocycles. The predicted molar refractivity (Wildman–Crippen MR) is 329 cm³/mol. The Morgan fingerprint density at radius 1 is 0.230 bits per heavy atom. The van der Waals surface area contributed by atoms with E-state index in [0.717, 1.165) is 79.4 Å². The van der Waals surface area contributed by atoms with Crippen LogP contribution < -0.4 is 30.2 Å². The smallest absolute Gasteiger partial charge is 0.198 e. The Kier molecular flexibility index (Phi) is 16.0. The molecule has 0 aliphatic carbocycles. The predicted octanol–water partition coefficient (Wildman–Crippen LogP) is 17.1.